The SMILES string of the molecule is C.CCO/C=C(\C#N)C(=O)OCC.CCOC(=O)/C(C#N)=C\Nc1csc2c(C)c(C)c(C)c(C)c12.COC(=O)CS.COC(=O)c1sc2c(C)c(C)c(C)c(C)c2c1N.Cc1c(C)c(C)c(C#N)c(F)c1C.Cc1c(C)c(C)c2c(N)csc2c1C.Cc1c(C)c(C)c2c(sc3c(=O)c(C#N)c[nH]c32)c1C.[K+].[OH-]. The molecule has 0 fully saturated rings. The number of nitriles is 4. The summed E-state index contributed by atoms with van der Waals surface area (Å²) in [5, 5.41) is 47.0. The van der Waals surface area contributed by atoms with Gasteiger partial charge in [-0.1, -0.05) is 7.43 Å². The first kappa shape index (κ1) is 98.6. The van der Waals surface area contributed by atoms with Gasteiger partial charge < -0.3 is 50.9 Å². The van der Waals surface area contributed by atoms with E-state index in [9.17, 15) is 28.4 Å². The smallest absolute Gasteiger partial charge is 0.870 e. The number of carbonyl (C=O) groups is 4. The molecule has 5 aromatic carbocycles. The summed E-state index contributed by atoms with van der Waals surface area (Å²) in [7, 11) is 2.71. The Morgan fingerprint density at radius 1 is 0.541 bits per heavy atom. The Balaban J connectivity index is 0.000000649. The van der Waals surface area contributed by atoms with E-state index in [1.54, 1.807) is 63.4 Å². The number of aromatic nitrogens is 1. The molecule has 0 atom stereocenters. The van der Waals surface area contributed by atoms with Crippen molar-refractivity contribution in [2.24, 2.45) is 0 Å². The maximum absolute atomic E-state index is 13.5. The van der Waals surface area contributed by atoms with Crippen molar-refractivity contribution >= 4 is 149 Å². The molecule has 0 unspecified atom stereocenters. The summed E-state index contributed by atoms with van der Waals surface area (Å²) in [6.07, 6.45) is 4.04. The number of H-pyrrole nitrogens is 1. The number of carbonyl (C=O) groups excluding carboxylic acids is 4. The summed E-state index contributed by atoms with van der Waals surface area (Å²) in [4.78, 5) is 60.1. The second-order valence-electron chi connectivity index (χ2n) is 24.8. The topological polar surface area (TPSA) is 337 Å². The molecule has 0 aliphatic carbocycles. The molecular weight excluding hydrogens is 1500 g/mol. The van der Waals surface area contributed by atoms with Crippen LogP contribution < -0.4 is 73.6 Å². The predicted octanol–water partition coefficient (Wildman–Crippen LogP) is 17.1. The number of aromatic amines is 1. The van der Waals surface area contributed by atoms with Crippen molar-refractivity contribution < 1.29 is 104 Å². The van der Waals surface area contributed by atoms with E-state index < -0.39 is 11.9 Å². The molecule has 5 heterocycles. The van der Waals surface area contributed by atoms with Crippen LogP contribution in [0.2, 0.25) is 0 Å². The van der Waals surface area contributed by atoms with Gasteiger partial charge in [-0.15, -0.1) is 45.3 Å². The number of anilines is 3. The monoisotopic (exact) mass is 1600 g/mol. The van der Waals surface area contributed by atoms with Crippen LogP contribution in [0.3, 0.4) is 0 Å². The number of methoxy groups -OCH3 is 2. The summed E-state index contributed by atoms with van der Waals surface area (Å²) < 4.78 is 42.1. The molecule has 0 aliphatic heterocycles. The zero-order valence-corrected chi connectivity index (χ0v) is 73.9. The van der Waals surface area contributed by atoms with Crippen molar-refractivity contribution in [3.05, 3.63) is 184 Å². The maximum atomic E-state index is 13.5. The zero-order chi connectivity index (χ0) is 80.4. The Hall–Kier alpha value is -8.45. The van der Waals surface area contributed by atoms with Gasteiger partial charge in [-0.05, 0) is 271 Å². The molecule has 0 saturated heterocycles. The fraction of sp³-hybridized carbons (Fsp3) is 0.361. The van der Waals surface area contributed by atoms with E-state index >= 15 is 0 Å². The molecule has 0 bridgehead atoms. The van der Waals surface area contributed by atoms with Crippen LogP contribution in [0.5, 0.6) is 0 Å². The summed E-state index contributed by atoms with van der Waals surface area (Å²) in [6, 6.07) is 7.40. The normalized spacial score (nSPS) is 10.4. The molecule has 0 amide bonds. The summed E-state index contributed by atoms with van der Waals surface area (Å²) in [5.74, 6) is -2.11. The van der Waals surface area contributed by atoms with Gasteiger partial charge in [0, 0.05) is 63.5 Å². The second-order valence-corrected chi connectivity index (χ2v) is 28.9. The van der Waals surface area contributed by atoms with Crippen molar-refractivity contribution in [2.75, 3.05) is 56.6 Å². The number of nitrogens with zero attached hydrogens (tertiary/aromatic N) is 4. The molecule has 0 saturated carbocycles. The molecule has 26 heteroatoms. The Morgan fingerprint density at radius 2 is 0.963 bits per heavy atom. The Bertz CT molecular complexity index is 5340. The third-order valence-corrected chi connectivity index (χ3v) is 24.5. The van der Waals surface area contributed by atoms with E-state index in [0.29, 0.717) is 27.4 Å². The number of esters is 4. The van der Waals surface area contributed by atoms with Gasteiger partial charge in [-0.3, -0.25) is 9.59 Å². The Morgan fingerprint density at radius 3 is 1.40 bits per heavy atom. The van der Waals surface area contributed by atoms with Gasteiger partial charge in [0.05, 0.1) is 67.9 Å². The third-order valence-electron chi connectivity index (χ3n) is 19.4. The van der Waals surface area contributed by atoms with E-state index in [1.807, 2.05) is 49.7 Å². The number of nitrogens with one attached hydrogen (secondary N) is 2. The van der Waals surface area contributed by atoms with Crippen molar-refractivity contribution in [3.8, 4) is 24.3 Å². The van der Waals surface area contributed by atoms with Gasteiger partial charge in [0.15, 0.2) is 11.1 Å². The van der Waals surface area contributed by atoms with Crippen LogP contribution in [-0.2, 0) is 38.1 Å². The van der Waals surface area contributed by atoms with E-state index in [-0.39, 0.29) is 129 Å². The number of nitrogen functional groups attached to an aromatic ring is 2. The van der Waals surface area contributed by atoms with Gasteiger partial charge in [0.25, 0.3) is 0 Å². The number of halogens is 1. The summed E-state index contributed by atoms with van der Waals surface area (Å²) >= 11 is 9.95. The van der Waals surface area contributed by atoms with Crippen molar-refractivity contribution in [2.45, 2.75) is 167 Å². The molecule has 0 aliphatic rings. The molecule has 0 spiro atoms. The van der Waals surface area contributed by atoms with Crippen LogP contribution in [0.4, 0.5) is 21.5 Å². The van der Waals surface area contributed by atoms with Gasteiger partial charge in [-0.2, -0.15) is 33.7 Å². The fourth-order valence-corrected chi connectivity index (χ4v) is 16.3. The number of rotatable bonds is 10. The molecular formula is C83H100FKN8O11S5. The fourth-order valence-electron chi connectivity index (χ4n) is 11.4. The number of hydrogen-bond acceptors (Lipinski definition) is 23. The average Bonchev–Trinajstić information content (AvgIpc) is 1.61. The van der Waals surface area contributed by atoms with Crippen molar-refractivity contribution in [1.82, 2.24) is 4.98 Å². The number of pyridine rings is 1. The number of thiophene rings is 4. The molecule has 0 radical (unpaired) electrons. The minimum Gasteiger partial charge on any atom is -0.870 e. The van der Waals surface area contributed by atoms with Crippen LogP contribution in [0.15, 0.2) is 45.4 Å². The van der Waals surface area contributed by atoms with Gasteiger partial charge in [0.2, 0.25) is 5.43 Å². The largest absolute Gasteiger partial charge is 1.00 e. The van der Waals surface area contributed by atoms with Crippen LogP contribution in [0.25, 0.3) is 50.6 Å². The number of thiol groups is 1. The van der Waals surface area contributed by atoms with Gasteiger partial charge in [-0.25, -0.2) is 18.8 Å². The van der Waals surface area contributed by atoms with E-state index in [4.69, 9.17) is 46.7 Å². The number of nitrogens with two attached hydrogens (primary N) is 2. The Labute approximate surface area is 704 Å². The zero-order valence-electron chi connectivity index (χ0n) is 66.6. The number of benzene rings is 5. The predicted molar refractivity (Wildman–Crippen MR) is 447 cm³/mol. The maximum Gasteiger partial charge on any atom is 1.00 e. The van der Waals surface area contributed by atoms with E-state index in [0.717, 1.165) is 71.0 Å². The first-order chi connectivity index (χ1) is 49.9. The van der Waals surface area contributed by atoms with Crippen LogP contribution >= 0.6 is 58.0 Å². The van der Waals surface area contributed by atoms with Crippen molar-refractivity contribution in [3.63, 3.8) is 0 Å². The number of ether oxygens (including phenoxy) is 5. The quantitative estimate of drug-likeness (QED) is 0.0161. The first-order valence-electron chi connectivity index (χ1n) is 33.7. The number of aryl methyl sites for hydroxylation is 8. The summed E-state index contributed by atoms with van der Waals surface area (Å²) in [5.41, 5.74) is 39.0. The molecule has 5 aromatic heterocycles. The minimum atomic E-state index is -0.645. The van der Waals surface area contributed by atoms with Crippen LogP contribution in [0, 0.1) is 190 Å². The average molecular weight is 1600 g/mol. The van der Waals surface area contributed by atoms with Crippen LogP contribution in [-0.4, -0.2) is 74.1 Å². The van der Waals surface area contributed by atoms with Crippen molar-refractivity contribution in [1.29, 1.82) is 21.0 Å². The third kappa shape index (κ3) is 22.0. The number of hydrogen-bond donors (Lipinski definition) is 5. The molecule has 19 nitrogen and oxygen atoms in total. The van der Waals surface area contributed by atoms with Gasteiger partial charge >= 0.3 is 75.3 Å². The minimum absolute atomic E-state index is 0. The first-order valence-corrected chi connectivity index (χ1v) is 37.7. The summed E-state index contributed by atoms with van der Waals surface area (Å²) in [6.45, 7) is 47.3. The molecule has 10 rings (SSSR count). The number of fused-ring (bicyclic) bond motifs is 6. The Kier molecular flexibility index (Phi) is 40.2. The molecule has 576 valence electrons. The van der Waals surface area contributed by atoms with E-state index in [2.05, 4.69) is 136 Å². The standard InChI is InChI=1S/C18H20N2O2S.C16H14N2OS.C14H17NO2S.C12H15NS.C11H12FN.C8H11NO3.C3H6O2S.CH4.K.H2O/c1-6-22-18(21)14(7-19)8-20-15-9-23-17-13(5)11(3)10(2)12(4)16(15)17;1-7-8(2)10(4)15-12(9(7)3)13-16(20-15)14(19)11(5-17)6-18-13;1-6-7(2)9(4)12-10(8(6)3)11(15)13(18-12)14(16)17-5;1-6-7(2)9(4)12-11(8(6)3)10(13)5-14-12;1-6-7(2)9(4)11(12)10(5-13)8(6)3;1-3-11-6-7(5-9)8(10)12-4-2;1-5-3(4)2-6;;;/h8-9,20H,6H2,1-5H3;6H,1-4H3,(H,18,19);15H2,1-5H3;5H,13H2,1-4H3;1-4H3;6H,3-4H2,1-2H3;6H,2H2,1H3;1H4;;1H2/q;;;;;;;;+1;/p-1/b14-8-;;;;;7-6+;;;;. The molecule has 109 heavy (non-hydrogen) atoms. The van der Waals surface area contributed by atoms with Gasteiger partial charge in [0.1, 0.15) is 51.5 Å². The molecule has 7 N–H and O–H groups in total. The van der Waals surface area contributed by atoms with Crippen LogP contribution in [0.1, 0.15) is 160 Å². The van der Waals surface area contributed by atoms with E-state index in [1.165, 1.54) is 148 Å². The molecule has 10 aromatic rings. The second kappa shape index (κ2) is 44.4.